The maximum absolute atomic E-state index is 10.8. The predicted molar refractivity (Wildman–Crippen MR) is 95.4 cm³/mol. The van der Waals surface area contributed by atoms with Gasteiger partial charge in [-0.25, -0.2) is 0 Å². The lowest BCUT2D eigenvalue weighted by atomic mass is 9.95. The van der Waals surface area contributed by atoms with Crippen molar-refractivity contribution in [1.82, 2.24) is 24.7 Å². The molecule has 3 heterocycles. The second kappa shape index (κ2) is 6.42. The van der Waals surface area contributed by atoms with Gasteiger partial charge in [0.05, 0.1) is 5.60 Å². The molecule has 0 spiro atoms. The molecule has 7 nitrogen and oxygen atoms in total. The van der Waals surface area contributed by atoms with Crippen LogP contribution in [-0.2, 0) is 5.60 Å². The summed E-state index contributed by atoms with van der Waals surface area (Å²) in [5.74, 6) is 0.932. The van der Waals surface area contributed by atoms with Crippen molar-refractivity contribution in [2.75, 3.05) is 37.6 Å². The van der Waals surface area contributed by atoms with Gasteiger partial charge < -0.3 is 10.0 Å². The van der Waals surface area contributed by atoms with Gasteiger partial charge in [-0.2, -0.15) is 4.52 Å². The number of aliphatic hydroxyl groups is 1. The molecule has 2 aromatic heterocycles. The summed E-state index contributed by atoms with van der Waals surface area (Å²) >= 11 is 0. The zero-order valence-corrected chi connectivity index (χ0v) is 14.3. The lowest BCUT2D eigenvalue weighted by Gasteiger charge is -2.38. The Bertz CT molecular complexity index is 839. The van der Waals surface area contributed by atoms with Crippen LogP contribution in [-0.4, -0.2) is 62.5 Å². The smallest absolute Gasteiger partial charge is 0.177 e. The lowest BCUT2D eigenvalue weighted by Crippen LogP contribution is -2.50. The number of hydrogen-bond donors (Lipinski definition) is 1. The molecule has 1 saturated heterocycles. The Morgan fingerprint density at radius 1 is 1.04 bits per heavy atom. The minimum Gasteiger partial charge on any atom is -0.384 e. The summed E-state index contributed by atoms with van der Waals surface area (Å²) in [6.45, 7) is 6.06. The number of piperazine rings is 1. The Hall–Kier alpha value is -2.51. The molecule has 1 fully saturated rings. The normalized spacial score (nSPS) is 18.4. The number of aromatic nitrogens is 4. The molecular weight excluding hydrogens is 316 g/mol. The van der Waals surface area contributed by atoms with Crippen LogP contribution in [0.5, 0.6) is 0 Å². The molecule has 1 N–H and O–H groups in total. The van der Waals surface area contributed by atoms with Gasteiger partial charge in [-0.3, -0.25) is 4.90 Å². The van der Waals surface area contributed by atoms with Crippen LogP contribution in [0, 0.1) is 0 Å². The molecule has 3 aromatic rings. The Labute approximate surface area is 146 Å². The SMILES string of the molecule is C[C@@](O)(CN1CCN(c2ccc3nncn3n2)CC1)c1ccccc1. The maximum atomic E-state index is 10.8. The van der Waals surface area contributed by atoms with E-state index in [2.05, 4.69) is 25.1 Å². The number of anilines is 1. The van der Waals surface area contributed by atoms with E-state index in [0.717, 1.165) is 43.2 Å². The lowest BCUT2D eigenvalue weighted by molar-refractivity contribution is 0.0143. The zero-order valence-electron chi connectivity index (χ0n) is 14.3. The molecular formula is C18H22N6O. The van der Waals surface area contributed by atoms with Gasteiger partial charge in [0.2, 0.25) is 0 Å². The monoisotopic (exact) mass is 338 g/mol. The van der Waals surface area contributed by atoms with Crippen molar-refractivity contribution < 1.29 is 5.11 Å². The molecule has 0 saturated carbocycles. The van der Waals surface area contributed by atoms with Crippen molar-refractivity contribution in [3.8, 4) is 0 Å². The van der Waals surface area contributed by atoms with E-state index < -0.39 is 5.60 Å². The van der Waals surface area contributed by atoms with Gasteiger partial charge in [0.1, 0.15) is 12.1 Å². The summed E-state index contributed by atoms with van der Waals surface area (Å²) in [5, 5.41) is 23.2. The first kappa shape index (κ1) is 16.0. The third-order valence-electron chi connectivity index (χ3n) is 4.77. The third kappa shape index (κ3) is 3.33. The van der Waals surface area contributed by atoms with Crippen LogP contribution in [0.4, 0.5) is 5.82 Å². The fourth-order valence-corrected chi connectivity index (χ4v) is 3.35. The largest absolute Gasteiger partial charge is 0.384 e. The fourth-order valence-electron chi connectivity index (χ4n) is 3.35. The molecule has 0 bridgehead atoms. The number of rotatable bonds is 4. The average Bonchev–Trinajstić information content (AvgIpc) is 3.10. The summed E-state index contributed by atoms with van der Waals surface area (Å²) in [6.07, 6.45) is 1.62. The highest BCUT2D eigenvalue weighted by atomic mass is 16.3. The first-order chi connectivity index (χ1) is 12.1. The van der Waals surface area contributed by atoms with E-state index >= 15 is 0 Å². The van der Waals surface area contributed by atoms with Crippen LogP contribution in [0.1, 0.15) is 12.5 Å². The van der Waals surface area contributed by atoms with Crippen LogP contribution < -0.4 is 4.90 Å². The van der Waals surface area contributed by atoms with Crippen LogP contribution in [0.25, 0.3) is 5.65 Å². The van der Waals surface area contributed by atoms with E-state index in [1.54, 1.807) is 10.8 Å². The molecule has 4 rings (SSSR count). The van der Waals surface area contributed by atoms with Gasteiger partial charge >= 0.3 is 0 Å². The molecule has 0 unspecified atom stereocenters. The molecule has 0 aliphatic carbocycles. The molecule has 1 aliphatic heterocycles. The summed E-state index contributed by atoms with van der Waals surface area (Å²) in [6, 6.07) is 13.8. The molecule has 0 amide bonds. The van der Waals surface area contributed by atoms with Gasteiger partial charge in [-0.1, -0.05) is 30.3 Å². The molecule has 1 atom stereocenters. The van der Waals surface area contributed by atoms with Crippen molar-refractivity contribution in [3.63, 3.8) is 0 Å². The summed E-state index contributed by atoms with van der Waals surface area (Å²) in [5.41, 5.74) is 0.863. The molecule has 130 valence electrons. The van der Waals surface area contributed by atoms with Gasteiger partial charge in [0.15, 0.2) is 5.65 Å². The van der Waals surface area contributed by atoms with E-state index in [1.807, 2.05) is 49.4 Å². The first-order valence-corrected chi connectivity index (χ1v) is 8.54. The Morgan fingerprint density at radius 2 is 1.80 bits per heavy atom. The number of nitrogens with zero attached hydrogens (tertiary/aromatic N) is 6. The van der Waals surface area contributed by atoms with E-state index in [1.165, 1.54) is 0 Å². The van der Waals surface area contributed by atoms with E-state index in [9.17, 15) is 5.11 Å². The number of hydrogen-bond acceptors (Lipinski definition) is 6. The van der Waals surface area contributed by atoms with Crippen LogP contribution in [0.2, 0.25) is 0 Å². The number of benzene rings is 1. The van der Waals surface area contributed by atoms with Gasteiger partial charge in [0, 0.05) is 32.7 Å². The standard InChI is InChI=1S/C18H22N6O/c1-18(25,15-5-3-2-4-6-15)13-22-9-11-23(12-10-22)17-8-7-16-20-19-14-24(16)21-17/h2-8,14,25H,9-13H2,1H3/t18-/m1/s1. The highest BCUT2D eigenvalue weighted by molar-refractivity contribution is 5.45. The van der Waals surface area contributed by atoms with E-state index in [4.69, 9.17) is 0 Å². The van der Waals surface area contributed by atoms with Crippen LogP contribution >= 0.6 is 0 Å². The molecule has 1 aromatic carbocycles. The van der Waals surface area contributed by atoms with Crippen molar-refractivity contribution in [2.45, 2.75) is 12.5 Å². The Balaban J connectivity index is 1.39. The molecule has 25 heavy (non-hydrogen) atoms. The highest BCUT2D eigenvalue weighted by Crippen LogP contribution is 2.23. The highest BCUT2D eigenvalue weighted by Gasteiger charge is 2.28. The predicted octanol–water partition coefficient (Wildman–Crippen LogP) is 1.15. The van der Waals surface area contributed by atoms with Crippen molar-refractivity contribution in [2.24, 2.45) is 0 Å². The topological polar surface area (TPSA) is 69.8 Å². The third-order valence-corrected chi connectivity index (χ3v) is 4.77. The second-order valence-electron chi connectivity index (χ2n) is 6.73. The maximum Gasteiger partial charge on any atom is 0.177 e. The minimum absolute atomic E-state index is 0.628. The van der Waals surface area contributed by atoms with Crippen molar-refractivity contribution in [3.05, 3.63) is 54.4 Å². The summed E-state index contributed by atoms with van der Waals surface area (Å²) in [7, 11) is 0. The second-order valence-corrected chi connectivity index (χ2v) is 6.73. The van der Waals surface area contributed by atoms with Gasteiger partial charge in [-0.15, -0.1) is 15.3 Å². The van der Waals surface area contributed by atoms with Gasteiger partial charge in [-0.05, 0) is 24.6 Å². The zero-order chi connectivity index (χ0) is 17.3. The number of fused-ring (bicyclic) bond motifs is 1. The van der Waals surface area contributed by atoms with Crippen molar-refractivity contribution in [1.29, 1.82) is 0 Å². The van der Waals surface area contributed by atoms with E-state index in [0.29, 0.717) is 6.54 Å². The first-order valence-electron chi connectivity index (χ1n) is 8.54. The van der Waals surface area contributed by atoms with E-state index in [-0.39, 0.29) is 0 Å². The number of β-amino-alcohol motifs (C(OH)–C–C–N with tert-alkyl or cyclic N) is 1. The molecule has 1 aliphatic rings. The molecule has 0 radical (unpaired) electrons. The van der Waals surface area contributed by atoms with Crippen LogP contribution in [0.15, 0.2) is 48.8 Å². The minimum atomic E-state index is -0.844. The average molecular weight is 338 g/mol. The fraction of sp³-hybridized carbons (Fsp3) is 0.389. The quantitative estimate of drug-likeness (QED) is 0.770. The summed E-state index contributed by atoms with van der Waals surface area (Å²) < 4.78 is 1.70. The Kier molecular flexibility index (Phi) is 4.10. The summed E-state index contributed by atoms with van der Waals surface area (Å²) in [4.78, 5) is 4.56. The van der Waals surface area contributed by atoms with Gasteiger partial charge in [0.25, 0.3) is 0 Å². The van der Waals surface area contributed by atoms with Crippen LogP contribution in [0.3, 0.4) is 0 Å². The van der Waals surface area contributed by atoms with Crippen molar-refractivity contribution >= 4 is 11.5 Å². The Morgan fingerprint density at radius 3 is 2.56 bits per heavy atom. The molecule has 7 heteroatoms.